The van der Waals surface area contributed by atoms with Crippen LogP contribution in [0, 0.1) is 0 Å². The fourth-order valence-corrected chi connectivity index (χ4v) is 4.38. The molecule has 2 saturated heterocycles. The van der Waals surface area contributed by atoms with Gasteiger partial charge in [-0.2, -0.15) is 0 Å². The summed E-state index contributed by atoms with van der Waals surface area (Å²) in [6, 6.07) is 2.77. The van der Waals surface area contributed by atoms with Gasteiger partial charge in [0.25, 0.3) is 0 Å². The highest BCUT2D eigenvalue weighted by atomic mass is 16.4. The van der Waals surface area contributed by atoms with E-state index < -0.39 is 36.0 Å². The van der Waals surface area contributed by atoms with Crippen molar-refractivity contribution < 1.29 is 29.4 Å². The van der Waals surface area contributed by atoms with Crippen LogP contribution in [0.3, 0.4) is 0 Å². The van der Waals surface area contributed by atoms with Gasteiger partial charge in [0.1, 0.15) is 23.9 Å². The second-order valence-corrected chi connectivity index (χ2v) is 8.44. The number of benzene rings is 1. The quantitative estimate of drug-likeness (QED) is 0.454. The van der Waals surface area contributed by atoms with Crippen LogP contribution in [-0.2, 0) is 25.6 Å². The molecular weight excluding hydrogens is 416 g/mol. The van der Waals surface area contributed by atoms with Gasteiger partial charge in [0.05, 0.1) is 6.04 Å². The van der Waals surface area contributed by atoms with E-state index in [-0.39, 0.29) is 24.0 Å². The predicted octanol–water partition coefficient (Wildman–Crippen LogP) is -0.167. The molecule has 5 N–H and O–H groups in total. The van der Waals surface area contributed by atoms with Crippen LogP contribution >= 0.6 is 0 Å². The number of nitrogens with zero attached hydrogens (tertiary/aromatic N) is 2. The van der Waals surface area contributed by atoms with Gasteiger partial charge in [-0.3, -0.25) is 14.4 Å². The summed E-state index contributed by atoms with van der Waals surface area (Å²) in [5, 5.41) is 21.5. The summed E-state index contributed by atoms with van der Waals surface area (Å²) in [4.78, 5) is 53.2. The van der Waals surface area contributed by atoms with Crippen LogP contribution < -0.4 is 11.1 Å². The minimum atomic E-state index is -1.19. The number of hydrogen-bond acceptors (Lipinski definition) is 6. The van der Waals surface area contributed by atoms with E-state index in [2.05, 4.69) is 5.32 Å². The molecule has 10 nitrogen and oxygen atoms in total. The van der Waals surface area contributed by atoms with Crippen LogP contribution in [0.15, 0.2) is 24.3 Å². The predicted molar refractivity (Wildman–Crippen MR) is 114 cm³/mol. The lowest BCUT2D eigenvalue weighted by atomic mass is 10.0. The van der Waals surface area contributed by atoms with Crippen LogP contribution in [0.5, 0.6) is 5.75 Å². The number of aliphatic carboxylic acids is 1. The van der Waals surface area contributed by atoms with E-state index in [0.717, 1.165) is 0 Å². The molecule has 3 amide bonds. The number of aromatic hydroxyl groups is 1. The highest BCUT2D eigenvalue weighted by molar-refractivity contribution is 5.94. The van der Waals surface area contributed by atoms with Crippen molar-refractivity contribution in [1.82, 2.24) is 15.1 Å². The Labute approximate surface area is 186 Å². The molecule has 0 bridgehead atoms. The Balaban J connectivity index is 1.68. The number of phenols is 1. The maximum absolute atomic E-state index is 13.2. The largest absolute Gasteiger partial charge is 0.508 e. The minimum Gasteiger partial charge on any atom is -0.508 e. The lowest BCUT2D eigenvalue weighted by molar-refractivity contribution is -0.148. The highest BCUT2D eigenvalue weighted by Gasteiger charge is 2.43. The summed E-state index contributed by atoms with van der Waals surface area (Å²) >= 11 is 0. The van der Waals surface area contributed by atoms with Crippen LogP contribution in [0.2, 0.25) is 0 Å². The molecule has 174 valence electrons. The number of carbonyl (C=O) groups is 4. The molecule has 2 heterocycles. The Morgan fingerprint density at radius 2 is 1.66 bits per heavy atom. The van der Waals surface area contributed by atoms with Crippen molar-refractivity contribution in [1.29, 1.82) is 0 Å². The molecule has 0 spiro atoms. The average Bonchev–Trinajstić information content (AvgIpc) is 3.43. The van der Waals surface area contributed by atoms with Crippen molar-refractivity contribution >= 4 is 23.7 Å². The first-order chi connectivity index (χ1) is 15.2. The van der Waals surface area contributed by atoms with Crippen molar-refractivity contribution in [3.05, 3.63) is 29.8 Å². The molecule has 0 radical (unpaired) electrons. The third-order valence-corrected chi connectivity index (χ3v) is 6.04. The summed E-state index contributed by atoms with van der Waals surface area (Å²) in [6.45, 7) is 2.41. The molecule has 2 fully saturated rings. The molecule has 32 heavy (non-hydrogen) atoms. The lowest BCUT2D eigenvalue weighted by Crippen LogP contribution is -2.56. The fraction of sp³-hybridized carbons (Fsp3) is 0.545. The van der Waals surface area contributed by atoms with E-state index in [1.807, 2.05) is 0 Å². The summed E-state index contributed by atoms with van der Waals surface area (Å²) < 4.78 is 0. The topological polar surface area (TPSA) is 153 Å². The van der Waals surface area contributed by atoms with Crippen LogP contribution in [0.1, 0.15) is 38.2 Å². The van der Waals surface area contributed by atoms with E-state index >= 15 is 0 Å². The standard InChI is InChI=1S/C22H30N4O6/c1-13(23)20(29)26-11-3-5-18(26)21(30)25-10-2-4-17(25)19(28)24-16(22(31)32)12-14-6-8-15(27)9-7-14/h6-9,13,16-18,27H,2-5,10-12,23H2,1H3,(H,24,28)(H,31,32). The maximum Gasteiger partial charge on any atom is 0.326 e. The summed E-state index contributed by atoms with van der Waals surface area (Å²) in [6.07, 6.45) is 2.29. The van der Waals surface area contributed by atoms with Gasteiger partial charge in [-0.15, -0.1) is 0 Å². The molecule has 0 saturated carbocycles. The number of amides is 3. The first-order valence-corrected chi connectivity index (χ1v) is 10.9. The van der Waals surface area contributed by atoms with Crippen LogP contribution in [0.4, 0.5) is 0 Å². The molecule has 4 unspecified atom stereocenters. The Kier molecular flexibility index (Phi) is 7.34. The number of nitrogens with one attached hydrogen (secondary N) is 1. The van der Waals surface area contributed by atoms with Crippen molar-refractivity contribution in [3.8, 4) is 5.75 Å². The third-order valence-electron chi connectivity index (χ3n) is 6.04. The van der Waals surface area contributed by atoms with E-state index in [4.69, 9.17) is 5.73 Å². The second-order valence-electron chi connectivity index (χ2n) is 8.44. The van der Waals surface area contributed by atoms with Gasteiger partial charge in [0.2, 0.25) is 17.7 Å². The van der Waals surface area contributed by atoms with Gasteiger partial charge in [-0.25, -0.2) is 4.79 Å². The molecule has 1 aromatic carbocycles. The van der Waals surface area contributed by atoms with Crippen molar-refractivity contribution in [2.24, 2.45) is 5.73 Å². The van der Waals surface area contributed by atoms with Gasteiger partial charge in [0.15, 0.2) is 0 Å². The SMILES string of the molecule is CC(N)C(=O)N1CCCC1C(=O)N1CCCC1C(=O)NC(Cc1ccc(O)cc1)C(=O)O. The monoisotopic (exact) mass is 446 g/mol. The Hall–Kier alpha value is -3.14. The number of hydrogen-bond donors (Lipinski definition) is 4. The third kappa shape index (κ3) is 5.18. The van der Waals surface area contributed by atoms with Gasteiger partial charge in [-0.1, -0.05) is 12.1 Å². The molecule has 2 aliphatic heterocycles. The molecule has 0 aromatic heterocycles. The van der Waals surface area contributed by atoms with Gasteiger partial charge >= 0.3 is 5.97 Å². The van der Waals surface area contributed by atoms with Crippen LogP contribution in [0.25, 0.3) is 0 Å². The fourth-order valence-electron chi connectivity index (χ4n) is 4.38. The zero-order valence-electron chi connectivity index (χ0n) is 18.1. The number of carboxylic acid groups (broad SMARTS) is 1. The Bertz CT molecular complexity index is 872. The number of carbonyl (C=O) groups excluding carboxylic acids is 3. The van der Waals surface area contributed by atoms with Crippen molar-refractivity contribution in [2.75, 3.05) is 13.1 Å². The van der Waals surface area contributed by atoms with E-state index in [9.17, 15) is 29.4 Å². The molecule has 4 atom stereocenters. The van der Waals surface area contributed by atoms with Crippen LogP contribution in [-0.4, -0.2) is 81.0 Å². The Morgan fingerprint density at radius 3 is 2.25 bits per heavy atom. The second kappa shape index (κ2) is 9.99. The average molecular weight is 447 g/mol. The number of carboxylic acids is 1. The summed E-state index contributed by atoms with van der Waals surface area (Å²) in [5.41, 5.74) is 6.36. The van der Waals surface area contributed by atoms with Crippen molar-refractivity contribution in [2.45, 2.75) is 63.2 Å². The number of phenolic OH excluding ortho intramolecular Hbond substituents is 1. The molecular formula is C22H30N4O6. The molecule has 0 aliphatic carbocycles. The van der Waals surface area contributed by atoms with Gasteiger partial charge in [-0.05, 0) is 50.3 Å². The maximum atomic E-state index is 13.2. The van der Waals surface area contributed by atoms with E-state index in [1.165, 1.54) is 21.9 Å². The van der Waals surface area contributed by atoms with E-state index in [0.29, 0.717) is 44.3 Å². The highest BCUT2D eigenvalue weighted by Crippen LogP contribution is 2.25. The lowest BCUT2D eigenvalue weighted by Gasteiger charge is -2.32. The first kappa shape index (κ1) is 23.5. The van der Waals surface area contributed by atoms with Gasteiger partial charge in [0, 0.05) is 19.5 Å². The molecule has 10 heteroatoms. The normalized spacial score (nSPS) is 22.4. The Morgan fingerprint density at radius 1 is 1.06 bits per heavy atom. The number of rotatable bonds is 7. The molecule has 3 rings (SSSR count). The number of likely N-dealkylation sites (tertiary alicyclic amines) is 2. The van der Waals surface area contributed by atoms with Crippen molar-refractivity contribution in [3.63, 3.8) is 0 Å². The summed E-state index contributed by atoms with van der Waals surface area (Å²) in [7, 11) is 0. The zero-order chi connectivity index (χ0) is 23.4. The first-order valence-electron chi connectivity index (χ1n) is 10.9. The minimum absolute atomic E-state index is 0.0430. The van der Waals surface area contributed by atoms with Gasteiger partial charge < -0.3 is 31.1 Å². The zero-order valence-corrected chi connectivity index (χ0v) is 18.1. The smallest absolute Gasteiger partial charge is 0.326 e. The molecule has 2 aliphatic rings. The van der Waals surface area contributed by atoms with E-state index in [1.54, 1.807) is 19.1 Å². The summed E-state index contributed by atoms with van der Waals surface area (Å²) in [5.74, 6) is -2.23. The molecule has 1 aromatic rings. The number of nitrogens with two attached hydrogens (primary N) is 1.